The minimum absolute atomic E-state index is 0.309. The van der Waals surface area contributed by atoms with Gasteiger partial charge in [0, 0.05) is 12.6 Å². The fourth-order valence-electron chi connectivity index (χ4n) is 3.73. The summed E-state index contributed by atoms with van der Waals surface area (Å²) < 4.78 is 22.5. The predicted octanol–water partition coefficient (Wildman–Crippen LogP) is -3.58. The van der Waals surface area contributed by atoms with Gasteiger partial charge < -0.3 is 60.6 Å². The third-order valence-electron chi connectivity index (χ3n) is 5.50. The SMILES string of the molecule is CC(=O)N[C@H]1[C@@H](Oc2ccc(N)cc2)O[C@H](CO)[C@H](O)[C@@H]1O[C@@H]1O[C@H](CO)[C@H](O)[C@H](O)[C@H]1O. The van der Waals surface area contributed by atoms with Crippen LogP contribution >= 0.6 is 0 Å². The molecule has 0 unspecified atom stereocenters. The number of nitrogens with one attached hydrogen (secondary N) is 1. The molecule has 2 fully saturated rings. The van der Waals surface area contributed by atoms with Crippen LogP contribution in [0.4, 0.5) is 5.69 Å². The van der Waals surface area contributed by atoms with Crippen LogP contribution in [0.3, 0.4) is 0 Å². The minimum atomic E-state index is -1.75. The van der Waals surface area contributed by atoms with Crippen LogP contribution in [0.2, 0.25) is 0 Å². The van der Waals surface area contributed by atoms with Crippen molar-refractivity contribution in [1.29, 1.82) is 0 Å². The highest BCUT2D eigenvalue weighted by molar-refractivity contribution is 5.73. The molecule has 9 N–H and O–H groups in total. The molecule has 2 aliphatic rings. The predicted molar refractivity (Wildman–Crippen MR) is 109 cm³/mol. The number of amides is 1. The third-order valence-corrected chi connectivity index (χ3v) is 5.50. The second-order valence-corrected chi connectivity index (χ2v) is 7.93. The van der Waals surface area contributed by atoms with Crippen molar-refractivity contribution in [3.8, 4) is 5.75 Å². The van der Waals surface area contributed by atoms with E-state index >= 15 is 0 Å². The molecule has 1 aromatic rings. The lowest BCUT2D eigenvalue weighted by Gasteiger charge is -2.47. The van der Waals surface area contributed by atoms with Gasteiger partial charge in [0.05, 0.1) is 13.2 Å². The number of carbonyl (C=O) groups is 1. The number of nitrogens with two attached hydrogens (primary N) is 1. The molecule has 3 rings (SSSR count). The van der Waals surface area contributed by atoms with Crippen molar-refractivity contribution in [2.75, 3.05) is 18.9 Å². The Labute approximate surface area is 189 Å². The van der Waals surface area contributed by atoms with E-state index in [4.69, 9.17) is 24.7 Å². The standard InChI is InChI=1S/C20H30N2O11/c1-8(25)22-13-18(33-20-17(29)16(28)14(26)11(6-23)32-20)15(27)12(7-24)31-19(13)30-10-4-2-9(21)3-5-10/h2-5,11-20,23-24,26-29H,6-7,21H2,1H3,(H,22,25)/t11-,12-,13-,14+,15+,16+,17-,18-,19+,20+/m1/s1. The van der Waals surface area contributed by atoms with Crippen molar-refractivity contribution < 1.29 is 54.4 Å². The monoisotopic (exact) mass is 474 g/mol. The van der Waals surface area contributed by atoms with Crippen molar-refractivity contribution in [1.82, 2.24) is 5.32 Å². The van der Waals surface area contributed by atoms with E-state index in [2.05, 4.69) is 5.32 Å². The molecular weight excluding hydrogens is 444 g/mol. The number of benzene rings is 1. The molecule has 10 atom stereocenters. The first-order valence-corrected chi connectivity index (χ1v) is 10.4. The number of carbonyl (C=O) groups excluding carboxylic acids is 1. The van der Waals surface area contributed by atoms with Gasteiger partial charge in [0.15, 0.2) is 6.29 Å². The summed E-state index contributed by atoms with van der Waals surface area (Å²) in [6.45, 7) is -0.0990. The van der Waals surface area contributed by atoms with Crippen molar-refractivity contribution >= 4 is 11.6 Å². The largest absolute Gasteiger partial charge is 0.463 e. The number of ether oxygens (including phenoxy) is 4. The van der Waals surface area contributed by atoms with E-state index in [0.717, 1.165) is 0 Å². The Hall–Kier alpha value is -2.07. The van der Waals surface area contributed by atoms with Crippen molar-refractivity contribution in [3.63, 3.8) is 0 Å². The molecule has 2 aliphatic heterocycles. The first-order chi connectivity index (χ1) is 15.7. The van der Waals surface area contributed by atoms with Crippen LogP contribution in [0.25, 0.3) is 0 Å². The fourth-order valence-corrected chi connectivity index (χ4v) is 3.73. The molecule has 0 aliphatic carbocycles. The Morgan fingerprint density at radius 2 is 1.52 bits per heavy atom. The second kappa shape index (κ2) is 10.9. The van der Waals surface area contributed by atoms with Crippen LogP contribution in [-0.2, 0) is 19.0 Å². The molecule has 2 heterocycles. The lowest BCUT2D eigenvalue weighted by Crippen LogP contribution is -2.68. The van der Waals surface area contributed by atoms with Crippen LogP contribution in [0.1, 0.15) is 6.92 Å². The Kier molecular flexibility index (Phi) is 8.44. The van der Waals surface area contributed by atoms with Gasteiger partial charge in [0.1, 0.15) is 54.5 Å². The van der Waals surface area contributed by atoms with Gasteiger partial charge in [0.2, 0.25) is 12.2 Å². The topological polar surface area (TPSA) is 213 Å². The molecule has 186 valence electrons. The van der Waals surface area contributed by atoms with E-state index < -0.39 is 80.5 Å². The lowest BCUT2D eigenvalue weighted by molar-refractivity contribution is -0.339. The summed E-state index contributed by atoms with van der Waals surface area (Å²) in [7, 11) is 0. The molecule has 0 aromatic heterocycles. The maximum absolute atomic E-state index is 11.9. The highest BCUT2D eigenvalue weighted by Crippen LogP contribution is 2.30. The number of rotatable bonds is 7. The molecule has 0 saturated carbocycles. The second-order valence-electron chi connectivity index (χ2n) is 7.93. The van der Waals surface area contributed by atoms with E-state index in [1.165, 1.54) is 6.92 Å². The number of hydrogen-bond donors (Lipinski definition) is 8. The number of aliphatic hydroxyl groups excluding tert-OH is 6. The van der Waals surface area contributed by atoms with Crippen LogP contribution in [0.5, 0.6) is 5.75 Å². The van der Waals surface area contributed by atoms with Gasteiger partial charge in [-0.1, -0.05) is 0 Å². The van der Waals surface area contributed by atoms with Crippen LogP contribution in [0.15, 0.2) is 24.3 Å². The van der Waals surface area contributed by atoms with Crippen LogP contribution < -0.4 is 15.8 Å². The maximum Gasteiger partial charge on any atom is 0.223 e. The van der Waals surface area contributed by atoms with Gasteiger partial charge in [-0.25, -0.2) is 0 Å². The zero-order valence-corrected chi connectivity index (χ0v) is 17.8. The normalized spacial score (nSPS) is 39.1. The molecule has 13 heteroatoms. The van der Waals surface area contributed by atoms with Crippen molar-refractivity contribution in [2.24, 2.45) is 0 Å². The average molecular weight is 474 g/mol. The van der Waals surface area contributed by atoms with Gasteiger partial charge in [-0.2, -0.15) is 0 Å². The number of anilines is 1. The Morgan fingerprint density at radius 3 is 2.09 bits per heavy atom. The molecule has 1 aromatic carbocycles. The summed E-state index contributed by atoms with van der Waals surface area (Å²) in [6, 6.07) is 5.09. The molecule has 0 spiro atoms. The Morgan fingerprint density at radius 1 is 0.939 bits per heavy atom. The average Bonchev–Trinajstić information content (AvgIpc) is 2.79. The summed E-state index contributed by atoms with van der Waals surface area (Å²) in [4.78, 5) is 11.9. The van der Waals surface area contributed by atoms with Gasteiger partial charge >= 0.3 is 0 Å². The summed E-state index contributed by atoms with van der Waals surface area (Å²) in [5, 5.41) is 62.7. The molecule has 1 amide bonds. The highest BCUT2D eigenvalue weighted by Gasteiger charge is 2.52. The summed E-state index contributed by atoms with van der Waals surface area (Å²) >= 11 is 0. The first-order valence-electron chi connectivity index (χ1n) is 10.4. The van der Waals surface area contributed by atoms with E-state index in [9.17, 15) is 35.4 Å². The maximum atomic E-state index is 11.9. The highest BCUT2D eigenvalue weighted by atomic mass is 16.7. The molecule has 2 saturated heterocycles. The third kappa shape index (κ3) is 5.71. The van der Waals surface area contributed by atoms with Gasteiger partial charge in [-0.3, -0.25) is 4.79 Å². The van der Waals surface area contributed by atoms with Crippen molar-refractivity contribution in [3.05, 3.63) is 24.3 Å². The fraction of sp³-hybridized carbons (Fsp3) is 0.650. The van der Waals surface area contributed by atoms with Gasteiger partial charge in [0.25, 0.3) is 0 Å². The molecule has 0 radical (unpaired) electrons. The number of hydrogen-bond acceptors (Lipinski definition) is 12. The summed E-state index contributed by atoms with van der Waals surface area (Å²) in [5.41, 5.74) is 6.16. The first kappa shape index (κ1) is 25.6. The lowest BCUT2D eigenvalue weighted by atomic mass is 9.95. The zero-order valence-electron chi connectivity index (χ0n) is 17.8. The summed E-state index contributed by atoms with van der Waals surface area (Å²) in [6.07, 6.45) is -13.3. The van der Waals surface area contributed by atoms with E-state index in [1.54, 1.807) is 24.3 Å². The number of aliphatic hydroxyl groups is 6. The van der Waals surface area contributed by atoms with Crippen LogP contribution in [-0.4, -0.2) is 111 Å². The van der Waals surface area contributed by atoms with E-state index in [0.29, 0.717) is 11.4 Å². The molecule has 0 bridgehead atoms. The van der Waals surface area contributed by atoms with Gasteiger partial charge in [-0.05, 0) is 24.3 Å². The van der Waals surface area contributed by atoms with Crippen LogP contribution in [0, 0.1) is 0 Å². The summed E-state index contributed by atoms with van der Waals surface area (Å²) in [5.74, 6) is -0.212. The molecular formula is C20H30N2O11. The Bertz CT molecular complexity index is 780. The number of nitrogen functional groups attached to an aromatic ring is 1. The quantitative estimate of drug-likeness (QED) is 0.180. The van der Waals surface area contributed by atoms with Crippen molar-refractivity contribution in [2.45, 2.75) is 68.3 Å². The smallest absolute Gasteiger partial charge is 0.223 e. The molecule has 13 nitrogen and oxygen atoms in total. The van der Waals surface area contributed by atoms with E-state index in [1.807, 2.05) is 0 Å². The van der Waals surface area contributed by atoms with Gasteiger partial charge in [-0.15, -0.1) is 0 Å². The molecule has 33 heavy (non-hydrogen) atoms. The Balaban J connectivity index is 1.88. The van der Waals surface area contributed by atoms with E-state index in [-0.39, 0.29) is 0 Å². The minimum Gasteiger partial charge on any atom is -0.463 e. The zero-order chi connectivity index (χ0) is 24.3.